The molecule has 14 rings (SSSR count). The number of ketones is 2. The van der Waals surface area contributed by atoms with Crippen LogP contribution in [0.1, 0.15) is 61.9 Å². The Morgan fingerprint density at radius 3 is 1.55 bits per heavy atom. The van der Waals surface area contributed by atoms with E-state index in [1.165, 1.54) is 12.4 Å². The number of halogens is 7. The van der Waals surface area contributed by atoms with Crippen molar-refractivity contribution in [1.29, 1.82) is 0 Å². The Balaban J connectivity index is 0.000000167. The number of fused-ring (bicyclic) bond motifs is 2. The van der Waals surface area contributed by atoms with Gasteiger partial charge in [-0.1, -0.05) is 90.8 Å². The molecule has 0 spiro atoms. The summed E-state index contributed by atoms with van der Waals surface area (Å²) >= 11 is 20.9. The second-order valence-electron chi connectivity index (χ2n) is 23.4. The van der Waals surface area contributed by atoms with Gasteiger partial charge in [-0.15, -0.1) is 14.7 Å². The fourth-order valence-corrected chi connectivity index (χ4v) is 12.4. The molecule has 4 N–H and O–H groups in total. The van der Waals surface area contributed by atoms with Crippen LogP contribution in [0.15, 0.2) is 134 Å². The van der Waals surface area contributed by atoms with E-state index in [4.69, 9.17) is 53.8 Å². The number of aromatic nitrogens is 10. The number of hydrogen-bond donors (Lipinski definition) is 4. The van der Waals surface area contributed by atoms with Crippen molar-refractivity contribution in [3.63, 3.8) is 0 Å². The van der Waals surface area contributed by atoms with E-state index < -0.39 is 27.2 Å². The average molecular weight is 1850 g/mol. The van der Waals surface area contributed by atoms with Crippen molar-refractivity contribution in [2.45, 2.75) is 34.7 Å². The molecule has 0 saturated carbocycles. The summed E-state index contributed by atoms with van der Waals surface area (Å²) in [4.78, 5) is 85.2. The molecule has 0 unspecified atom stereocenters. The number of H-pyrrole nitrogens is 2. The Bertz CT molecular complexity index is 5040. The Morgan fingerprint density at radius 2 is 1.08 bits per heavy atom. The van der Waals surface area contributed by atoms with Gasteiger partial charge in [-0.05, 0) is 79.8 Å². The van der Waals surface area contributed by atoms with Crippen molar-refractivity contribution < 1.29 is 50.7 Å². The summed E-state index contributed by atoms with van der Waals surface area (Å²) in [5.74, 6) is 2.00. The van der Waals surface area contributed by atoms with Gasteiger partial charge in [0.2, 0.25) is 11.6 Å². The molecule has 30 nitrogen and oxygen atoms in total. The molecule has 10 heterocycles. The van der Waals surface area contributed by atoms with E-state index >= 15 is 0 Å². The molecular weight excluding hydrogens is 1780 g/mol. The fraction of sp³-hybridized carbons (Fsp3) is 0.261. The van der Waals surface area contributed by atoms with Crippen LogP contribution >= 0.6 is 84.5 Å². The number of carbonyl (C=O) groups is 2. The molecule has 554 valence electrons. The number of aromatic amines is 2. The van der Waals surface area contributed by atoms with Crippen LogP contribution in [0.25, 0.3) is 27.8 Å². The molecule has 3 saturated heterocycles. The van der Waals surface area contributed by atoms with Crippen molar-refractivity contribution in [3.8, 4) is 17.0 Å². The van der Waals surface area contributed by atoms with E-state index in [0.717, 1.165) is 35.4 Å². The maximum absolute atomic E-state index is 13.6. The number of anilines is 7. The van der Waals surface area contributed by atoms with Crippen molar-refractivity contribution in [2.75, 3.05) is 111 Å². The molecule has 0 bridgehead atoms. The number of benzene rings is 4. The molecule has 3 aliphatic rings. The monoisotopic (exact) mass is 1850 g/mol. The number of morpholine rings is 3. The van der Waals surface area contributed by atoms with Gasteiger partial charge in [0.15, 0.2) is 22.8 Å². The van der Waals surface area contributed by atoms with Crippen LogP contribution in [-0.2, 0) is 20.8 Å². The van der Waals surface area contributed by atoms with Gasteiger partial charge in [-0.25, -0.2) is 20.1 Å². The molecule has 3 fully saturated rings. The number of ether oxygens (including phenoxy) is 4. The molecule has 37 heteroatoms. The van der Waals surface area contributed by atoms with Gasteiger partial charge in [0.1, 0.15) is 40.3 Å². The van der Waals surface area contributed by atoms with Crippen LogP contribution in [-0.4, -0.2) is 157 Å². The van der Waals surface area contributed by atoms with Crippen LogP contribution in [0.2, 0.25) is 15.1 Å². The van der Waals surface area contributed by atoms with Crippen molar-refractivity contribution >= 4 is 170 Å². The molecule has 0 aliphatic carbocycles. The Morgan fingerprint density at radius 1 is 0.623 bits per heavy atom. The topological polar surface area (TPSA) is 352 Å². The molecular formula is C69H68Cl3FI3N18O12+. The zero-order chi connectivity index (χ0) is 74.6. The quantitative estimate of drug-likeness (QED) is 0.0204. The van der Waals surface area contributed by atoms with E-state index in [1.807, 2.05) is 95.6 Å². The number of nitro groups is 3. The first-order valence-corrected chi connectivity index (χ1v) is 46.6. The molecule has 11 aromatic rings. The van der Waals surface area contributed by atoms with Crippen LogP contribution in [0.5, 0.6) is 5.75 Å². The van der Waals surface area contributed by atoms with E-state index in [1.54, 1.807) is 110 Å². The summed E-state index contributed by atoms with van der Waals surface area (Å²) in [5.41, 5.74) is 5.50. The number of nitrogens with one attached hydrogen (secondary N) is 4. The number of nitrogens with zero attached hydrogens (tertiary/aromatic N) is 14. The standard InChI is InChI=1S/C28H27ClN6O5.C20H19ClN6O4.C20H17ClN6O3.CH4.FI3/c1-18-26(35(37)38)28(32-34(18)17-19-7-9-20(39-2)10-8-19)31-24-15-25(33-11-13-40-14-12-33)30-16-22(24)27(36)21-5-3-4-6-23(21)29;1-12-18(27(29)30)20(25-24-12)23-16-10-17(26-6-8-31-9-7-26)22-11-14(16)19(28)13-4-2-3-5-15(13)21;1-12-18(27(28)29)20-23-16-10-17(25-6-8-30-9-7-25)22-11-14(16)19(26(20)24-12)13-4-2-3-5-15(13)21;;1-4(2)3/h3-10,15-16H,11-14,17H2,1-2H3,(H,30,31,32);2-5,10-11H,6-9H2,1H3,(H2,22,23,24,25);2-5,10-11H,6-9H2,1H3;1H4;/p+1. The first kappa shape index (κ1) is 79.4. The van der Waals surface area contributed by atoms with E-state index in [-0.39, 0.29) is 64.5 Å². The average Bonchev–Trinajstić information content (AvgIpc) is 1.61. The van der Waals surface area contributed by atoms with E-state index in [9.17, 15) is 42.8 Å². The first-order chi connectivity index (χ1) is 50.6. The number of hydrogen-bond acceptors (Lipinski definition) is 23. The number of aryl methyl sites for hydroxylation is 2. The van der Waals surface area contributed by atoms with Crippen molar-refractivity contribution in [1.82, 2.24) is 45.0 Å². The van der Waals surface area contributed by atoms with E-state index in [2.05, 4.69) is 55.9 Å². The van der Waals surface area contributed by atoms with E-state index in [0.29, 0.717) is 156 Å². The zero-order valence-electron chi connectivity index (χ0n) is 56.2. The normalized spacial score (nSPS) is 13.6. The fourth-order valence-electron chi connectivity index (χ4n) is 11.7. The SMILES string of the molecule is C.COc1ccc(Cn2nc(Nc3cc(N4CCOCC4)ncc3C(=O)c3ccccc3Cl)c([N+](=O)[O-])c2C)cc1.Cc1[nH][n+]2c(-c3ccccc3Cl)c3cnc(N4CCOCC4)cc3nc2c1[N+](=O)[O-].Cc1[nH]nc(Nc2cc(N3CCOCC3)ncc2C(=O)c2ccccc2Cl)c1[N+](=O)[O-].FI(I)I. The number of rotatable bonds is 18. The first-order valence-electron chi connectivity index (χ1n) is 32.1. The number of pyridine rings is 3. The summed E-state index contributed by atoms with van der Waals surface area (Å²) in [5, 5.41) is 57.5. The van der Waals surface area contributed by atoms with Gasteiger partial charge in [0.05, 0.1) is 111 Å². The zero-order valence-corrected chi connectivity index (χ0v) is 64.9. The second-order valence-corrected chi connectivity index (χ2v) is 45.6. The van der Waals surface area contributed by atoms with Crippen LogP contribution in [0.4, 0.5) is 60.4 Å². The van der Waals surface area contributed by atoms with Gasteiger partial charge >= 0.3 is 75.2 Å². The molecule has 0 radical (unpaired) electrons. The predicted octanol–water partition coefficient (Wildman–Crippen LogP) is 15.3. The number of methoxy groups -OCH3 is 1. The Kier molecular flexibility index (Phi) is 27.3. The summed E-state index contributed by atoms with van der Waals surface area (Å²) < 4.78 is 35.8. The van der Waals surface area contributed by atoms with Gasteiger partial charge in [-0.2, -0.15) is 0 Å². The maximum atomic E-state index is 13.6. The van der Waals surface area contributed by atoms with Crippen LogP contribution in [0.3, 0.4) is 0 Å². The third-order valence-electron chi connectivity index (χ3n) is 16.9. The minimum absolute atomic E-state index is 0. The van der Waals surface area contributed by atoms with Crippen molar-refractivity contribution in [2.24, 2.45) is 0 Å². The third kappa shape index (κ3) is 18.6. The summed E-state index contributed by atoms with van der Waals surface area (Å²) in [6, 6.07) is 33.4. The summed E-state index contributed by atoms with van der Waals surface area (Å²) in [6.07, 6.45) is 4.66. The summed E-state index contributed by atoms with van der Waals surface area (Å²) in [7, 11) is 1.59. The Hall–Kier alpha value is -9.16. The third-order valence-corrected chi connectivity index (χ3v) is 17.9. The van der Waals surface area contributed by atoms with Crippen molar-refractivity contribution in [3.05, 3.63) is 224 Å². The minimum atomic E-state index is -1.82. The molecule has 7 aromatic heterocycles. The number of carbonyl (C=O) groups excluding carboxylic acids is 2. The predicted molar refractivity (Wildman–Crippen MR) is 428 cm³/mol. The Labute approximate surface area is 647 Å². The van der Waals surface area contributed by atoms with Gasteiger partial charge in [0, 0.05) is 92.7 Å². The molecule has 0 amide bonds. The van der Waals surface area contributed by atoms with Gasteiger partial charge in [-0.3, -0.25) is 49.7 Å². The van der Waals surface area contributed by atoms with Crippen LogP contribution in [0, 0.1) is 51.1 Å². The van der Waals surface area contributed by atoms with Gasteiger partial charge < -0.3 is 44.3 Å². The molecule has 3 aliphatic heterocycles. The molecule has 0 atom stereocenters. The molecule has 106 heavy (non-hydrogen) atoms. The molecule has 4 aromatic carbocycles. The summed E-state index contributed by atoms with van der Waals surface area (Å²) in [6.45, 7) is 12.7. The van der Waals surface area contributed by atoms with Gasteiger partial charge in [0.25, 0.3) is 0 Å². The second kappa shape index (κ2) is 36.4. The van der Waals surface area contributed by atoms with Crippen LogP contribution < -0.4 is 34.6 Å².